The van der Waals surface area contributed by atoms with E-state index in [4.69, 9.17) is 9.47 Å². The Labute approximate surface area is 123 Å². The molecule has 0 heterocycles. The highest BCUT2D eigenvalue weighted by atomic mass is 16.5. The fourth-order valence-corrected chi connectivity index (χ4v) is 2.03. The quantitative estimate of drug-likeness (QED) is 0.656. The Morgan fingerprint density at radius 2 is 2.00 bits per heavy atom. The SMILES string of the molecule is CCCNCc1ccc(OC)c(OCCCC(C)C)c1. The van der Waals surface area contributed by atoms with Gasteiger partial charge in [-0.1, -0.05) is 26.8 Å². The monoisotopic (exact) mass is 279 g/mol. The molecule has 1 aromatic carbocycles. The molecule has 0 fully saturated rings. The summed E-state index contributed by atoms with van der Waals surface area (Å²) >= 11 is 0. The highest BCUT2D eigenvalue weighted by molar-refractivity contribution is 5.42. The summed E-state index contributed by atoms with van der Waals surface area (Å²) in [5.41, 5.74) is 1.23. The summed E-state index contributed by atoms with van der Waals surface area (Å²) in [6, 6.07) is 6.15. The number of methoxy groups -OCH3 is 1. The van der Waals surface area contributed by atoms with E-state index in [9.17, 15) is 0 Å². The number of nitrogens with one attached hydrogen (secondary N) is 1. The molecule has 20 heavy (non-hydrogen) atoms. The lowest BCUT2D eigenvalue weighted by molar-refractivity contribution is 0.279. The second-order valence-electron chi connectivity index (χ2n) is 5.55. The Morgan fingerprint density at radius 3 is 2.65 bits per heavy atom. The first-order valence-electron chi connectivity index (χ1n) is 7.67. The van der Waals surface area contributed by atoms with Crippen molar-refractivity contribution in [3.63, 3.8) is 0 Å². The van der Waals surface area contributed by atoms with E-state index in [2.05, 4.69) is 38.2 Å². The number of hydrogen-bond acceptors (Lipinski definition) is 3. The minimum Gasteiger partial charge on any atom is -0.493 e. The largest absolute Gasteiger partial charge is 0.493 e. The third kappa shape index (κ3) is 6.29. The predicted octanol–water partition coefficient (Wildman–Crippen LogP) is 4.01. The molecule has 0 aliphatic rings. The Morgan fingerprint density at radius 1 is 1.20 bits per heavy atom. The number of ether oxygens (including phenoxy) is 2. The van der Waals surface area contributed by atoms with Gasteiger partial charge in [0.2, 0.25) is 0 Å². The summed E-state index contributed by atoms with van der Waals surface area (Å²) in [6.45, 7) is 9.31. The molecule has 0 saturated carbocycles. The van der Waals surface area contributed by atoms with E-state index in [0.717, 1.165) is 50.0 Å². The number of hydrogen-bond donors (Lipinski definition) is 1. The van der Waals surface area contributed by atoms with Crippen molar-refractivity contribution in [1.82, 2.24) is 5.32 Å². The maximum atomic E-state index is 5.87. The summed E-state index contributed by atoms with van der Waals surface area (Å²) < 4.78 is 11.2. The fraction of sp³-hybridized carbons (Fsp3) is 0.647. The third-order valence-corrected chi connectivity index (χ3v) is 3.17. The van der Waals surface area contributed by atoms with Crippen LogP contribution in [0.2, 0.25) is 0 Å². The molecule has 1 rings (SSSR count). The zero-order valence-corrected chi connectivity index (χ0v) is 13.4. The Hall–Kier alpha value is -1.22. The van der Waals surface area contributed by atoms with Gasteiger partial charge in [-0.3, -0.25) is 0 Å². The highest BCUT2D eigenvalue weighted by Crippen LogP contribution is 2.28. The van der Waals surface area contributed by atoms with Crippen LogP contribution in [0.15, 0.2) is 18.2 Å². The average Bonchev–Trinajstić information content (AvgIpc) is 2.44. The van der Waals surface area contributed by atoms with Crippen molar-refractivity contribution in [2.75, 3.05) is 20.3 Å². The normalized spacial score (nSPS) is 10.8. The van der Waals surface area contributed by atoms with E-state index in [1.165, 1.54) is 12.0 Å². The van der Waals surface area contributed by atoms with E-state index >= 15 is 0 Å². The summed E-state index contributed by atoms with van der Waals surface area (Å²) in [5.74, 6) is 2.39. The van der Waals surface area contributed by atoms with Gasteiger partial charge in [-0.15, -0.1) is 0 Å². The van der Waals surface area contributed by atoms with Gasteiger partial charge in [0, 0.05) is 6.54 Å². The third-order valence-electron chi connectivity index (χ3n) is 3.17. The molecular weight excluding hydrogens is 250 g/mol. The lowest BCUT2D eigenvalue weighted by atomic mass is 10.1. The molecule has 3 nitrogen and oxygen atoms in total. The zero-order chi connectivity index (χ0) is 14.8. The van der Waals surface area contributed by atoms with Gasteiger partial charge in [-0.25, -0.2) is 0 Å². The molecule has 1 N–H and O–H groups in total. The molecule has 0 amide bonds. The first kappa shape index (κ1) is 16.8. The maximum absolute atomic E-state index is 5.87. The topological polar surface area (TPSA) is 30.5 Å². The first-order chi connectivity index (χ1) is 9.67. The second-order valence-corrected chi connectivity index (χ2v) is 5.55. The standard InChI is InChI=1S/C17H29NO2/c1-5-10-18-13-15-8-9-16(19-4)17(12-15)20-11-6-7-14(2)3/h8-9,12,14,18H,5-7,10-11,13H2,1-4H3. The van der Waals surface area contributed by atoms with Crippen molar-refractivity contribution in [1.29, 1.82) is 0 Å². The summed E-state index contributed by atoms with van der Waals surface area (Å²) in [6.07, 6.45) is 3.42. The van der Waals surface area contributed by atoms with Crippen LogP contribution in [0, 0.1) is 5.92 Å². The van der Waals surface area contributed by atoms with Gasteiger partial charge < -0.3 is 14.8 Å². The molecule has 3 heteroatoms. The van der Waals surface area contributed by atoms with Crippen molar-refractivity contribution in [2.24, 2.45) is 5.92 Å². The lowest BCUT2D eigenvalue weighted by Gasteiger charge is -2.13. The van der Waals surface area contributed by atoms with Crippen molar-refractivity contribution in [2.45, 2.75) is 46.6 Å². The van der Waals surface area contributed by atoms with Gasteiger partial charge in [0.1, 0.15) is 0 Å². The Bertz CT molecular complexity index is 377. The average molecular weight is 279 g/mol. The minimum absolute atomic E-state index is 0.727. The smallest absolute Gasteiger partial charge is 0.161 e. The van der Waals surface area contributed by atoms with Crippen molar-refractivity contribution < 1.29 is 9.47 Å². The van der Waals surface area contributed by atoms with Crippen LogP contribution in [-0.4, -0.2) is 20.3 Å². The van der Waals surface area contributed by atoms with Crippen LogP contribution in [0.25, 0.3) is 0 Å². The van der Waals surface area contributed by atoms with Gasteiger partial charge in [0.15, 0.2) is 11.5 Å². The van der Waals surface area contributed by atoms with Crippen molar-refractivity contribution in [3.05, 3.63) is 23.8 Å². The molecule has 0 radical (unpaired) electrons. The molecule has 0 bridgehead atoms. The van der Waals surface area contributed by atoms with E-state index in [1.54, 1.807) is 7.11 Å². The molecule has 114 valence electrons. The fourth-order valence-electron chi connectivity index (χ4n) is 2.03. The molecule has 0 aliphatic heterocycles. The zero-order valence-electron chi connectivity index (χ0n) is 13.4. The van der Waals surface area contributed by atoms with Gasteiger partial charge in [0.05, 0.1) is 13.7 Å². The van der Waals surface area contributed by atoms with Gasteiger partial charge in [-0.05, 0) is 49.4 Å². The van der Waals surface area contributed by atoms with Gasteiger partial charge >= 0.3 is 0 Å². The van der Waals surface area contributed by atoms with E-state index < -0.39 is 0 Å². The lowest BCUT2D eigenvalue weighted by Crippen LogP contribution is -2.13. The van der Waals surface area contributed by atoms with Crippen LogP contribution in [0.3, 0.4) is 0 Å². The van der Waals surface area contributed by atoms with E-state index in [1.807, 2.05) is 6.07 Å². The van der Waals surface area contributed by atoms with Crippen LogP contribution in [-0.2, 0) is 6.54 Å². The molecule has 0 aromatic heterocycles. The van der Waals surface area contributed by atoms with E-state index in [0.29, 0.717) is 0 Å². The van der Waals surface area contributed by atoms with Gasteiger partial charge in [0.25, 0.3) is 0 Å². The van der Waals surface area contributed by atoms with Gasteiger partial charge in [-0.2, -0.15) is 0 Å². The minimum atomic E-state index is 0.727. The molecule has 0 spiro atoms. The molecule has 0 saturated heterocycles. The second kappa shape index (κ2) is 9.65. The Balaban J connectivity index is 2.54. The van der Waals surface area contributed by atoms with Crippen molar-refractivity contribution >= 4 is 0 Å². The maximum Gasteiger partial charge on any atom is 0.161 e. The molecular formula is C17H29NO2. The molecule has 0 unspecified atom stereocenters. The molecule has 0 atom stereocenters. The first-order valence-corrected chi connectivity index (χ1v) is 7.67. The van der Waals surface area contributed by atoms with Crippen molar-refractivity contribution in [3.8, 4) is 11.5 Å². The van der Waals surface area contributed by atoms with Crippen LogP contribution in [0.1, 0.15) is 45.6 Å². The number of benzene rings is 1. The highest BCUT2D eigenvalue weighted by Gasteiger charge is 2.06. The predicted molar refractivity (Wildman–Crippen MR) is 84.6 cm³/mol. The molecule has 1 aromatic rings. The van der Waals surface area contributed by atoms with Crippen LogP contribution >= 0.6 is 0 Å². The van der Waals surface area contributed by atoms with Crippen LogP contribution in [0.4, 0.5) is 0 Å². The van der Waals surface area contributed by atoms with Crippen LogP contribution in [0.5, 0.6) is 11.5 Å². The summed E-state index contributed by atoms with van der Waals surface area (Å²) in [5, 5.41) is 3.40. The summed E-state index contributed by atoms with van der Waals surface area (Å²) in [4.78, 5) is 0. The molecule has 0 aliphatic carbocycles. The van der Waals surface area contributed by atoms with E-state index in [-0.39, 0.29) is 0 Å². The summed E-state index contributed by atoms with van der Waals surface area (Å²) in [7, 11) is 1.69. The van der Waals surface area contributed by atoms with Crippen LogP contribution < -0.4 is 14.8 Å². The number of rotatable bonds is 10. The Kier molecular flexibility index (Phi) is 8.12.